The van der Waals surface area contributed by atoms with Gasteiger partial charge in [-0.2, -0.15) is 0 Å². The maximum absolute atomic E-state index is 12.5. The molecular weight excluding hydrogens is 314 g/mol. The molecular formula is C20H25N3O2. The first-order chi connectivity index (χ1) is 12.2. The Morgan fingerprint density at radius 3 is 2.28 bits per heavy atom. The number of benzene rings is 1. The highest BCUT2D eigenvalue weighted by Crippen LogP contribution is 2.10. The highest BCUT2D eigenvalue weighted by atomic mass is 16.2. The molecule has 2 amide bonds. The first-order valence-corrected chi connectivity index (χ1v) is 8.94. The number of rotatable bonds is 5. The number of nitrogens with one attached hydrogen (secondary N) is 1. The van der Waals surface area contributed by atoms with E-state index in [4.69, 9.17) is 0 Å². The topological polar surface area (TPSA) is 56.4 Å². The number of hydrogen-bond acceptors (Lipinski definition) is 2. The minimum Gasteiger partial charge on any atom is -0.365 e. The molecule has 0 spiro atoms. The van der Waals surface area contributed by atoms with Crippen molar-refractivity contribution in [2.75, 3.05) is 26.2 Å². The Kier molecular flexibility index (Phi) is 5.88. The Bertz CT molecular complexity index is 682. The lowest BCUT2D eigenvalue weighted by atomic mass is 10.1. The van der Waals surface area contributed by atoms with Crippen LogP contribution in [0, 0.1) is 0 Å². The van der Waals surface area contributed by atoms with Crippen molar-refractivity contribution in [3.8, 4) is 0 Å². The van der Waals surface area contributed by atoms with Crippen molar-refractivity contribution in [3.63, 3.8) is 0 Å². The van der Waals surface area contributed by atoms with Crippen LogP contribution in [0.5, 0.6) is 0 Å². The number of nitrogens with zero attached hydrogens (tertiary/aromatic N) is 2. The molecule has 1 aromatic heterocycles. The molecule has 1 fully saturated rings. The summed E-state index contributed by atoms with van der Waals surface area (Å²) in [4.78, 5) is 31.7. The summed E-state index contributed by atoms with van der Waals surface area (Å²) in [6.07, 6.45) is 4.37. The van der Waals surface area contributed by atoms with E-state index in [2.05, 4.69) is 17.1 Å². The number of aryl methyl sites for hydroxylation is 1. The summed E-state index contributed by atoms with van der Waals surface area (Å²) in [6.45, 7) is 2.71. The van der Waals surface area contributed by atoms with Gasteiger partial charge < -0.3 is 14.8 Å². The fourth-order valence-electron chi connectivity index (χ4n) is 3.22. The summed E-state index contributed by atoms with van der Waals surface area (Å²) in [5.74, 6) is 0.309. The van der Waals surface area contributed by atoms with E-state index in [-0.39, 0.29) is 11.8 Å². The minimum atomic E-state index is 0.126. The molecule has 25 heavy (non-hydrogen) atoms. The number of carbonyl (C=O) groups is 2. The number of aromatic nitrogens is 1. The van der Waals surface area contributed by atoms with Crippen molar-refractivity contribution in [1.82, 2.24) is 14.8 Å². The molecule has 2 aromatic rings. The predicted octanol–water partition coefficient (Wildman–Crippen LogP) is 2.25. The lowest BCUT2D eigenvalue weighted by molar-refractivity contribution is -0.133. The number of carbonyl (C=O) groups excluding carboxylic acids is 2. The second-order valence-electron chi connectivity index (χ2n) is 6.47. The molecule has 0 unspecified atom stereocenters. The van der Waals surface area contributed by atoms with E-state index >= 15 is 0 Å². The quantitative estimate of drug-likeness (QED) is 0.908. The molecule has 132 valence electrons. The van der Waals surface area contributed by atoms with Crippen molar-refractivity contribution >= 4 is 11.8 Å². The molecule has 1 saturated heterocycles. The van der Waals surface area contributed by atoms with Gasteiger partial charge in [0.25, 0.3) is 0 Å². The predicted molar refractivity (Wildman–Crippen MR) is 97.0 cm³/mol. The smallest absolute Gasteiger partial charge is 0.228 e. The van der Waals surface area contributed by atoms with Crippen molar-refractivity contribution in [1.29, 1.82) is 0 Å². The van der Waals surface area contributed by atoms with Gasteiger partial charge >= 0.3 is 0 Å². The van der Waals surface area contributed by atoms with E-state index in [1.165, 1.54) is 5.56 Å². The van der Waals surface area contributed by atoms with E-state index < -0.39 is 0 Å². The van der Waals surface area contributed by atoms with Crippen LogP contribution >= 0.6 is 0 Å². The third kappa shape index (κ3) is 4.95. The van der Waals surface area contributed by atoms with Gasteiger partial charge in [-0.15, -0.1) is 0 Å². The average Bonchev–Trinajstić information content (AvgIpc) is 3.01. The molecule has 0 saturated carbocycles. The average molecular weight is 339 g/mol. The van der Waals surface area contributed by atoms with Crippen LogP contribution in [0.25, 0.3) is 0 Å². The van der Waals surface area contributed by atoms with Gasteiger partial charge in [0.1, 0.15) is 0 Å². The van der Waals surface area contributed by atoms with Gasteiger partial charge in [0.15, 0.2) is 0 Å². The Morgan fingerprint density at radius 2 is 1.60 bits per heavy atom. The van der Waals surface area contributed by atoms with E-state index in [0.717, 1.165) is 31.6 Å². The van der Waals surface area contributed by atoms with Crippen LogP contribution < -0.4 is 0 Å². The lowest BCUT2D eigenvalue weighted by Crippen LogP contribution is -2.38. The summed E-state index contributed by atoms with van der Waals surface area (Å²) in [7, 11) is 0. The molecule has 2 heterocycles. The second kappa shape index (κ2) is 8.51. The van der Waals surface area contributed by atoms with Crippen LogP contribution in [0.2, 0.25) is 0 Å². The maximum atomic E-state index is 12.5. The normalized spacial score (nSPS) is 15.0. The molecule has 5 heteroatoms. The zero-order valence-electron chi connectivity index (χ0n) is 14.5. The Balaban J connectivity index is 1.47. The molecule has 0 bridgehead atoms. The highest BCUT2D eigenvalue weighted by Gasteiger charge is 2.22. The third-order valence-corrected chi connectivity index (χ3v) is 4.68. The van der Waals surface area contributed by atoms with E-state index in [1.807, 2.05) is 46.3 Å². The Labute approximate surface area is 148 Å². The summed E-state index contributed by atoms with van der Waals surface area (Å²) >= 11 is 0. The standard InChI is InChI=1S/C20H25N3O2/c24-19(10-9-17-6-2-1-3-7-17)22-12-5-13-23(15-14-22)20(25)16-18-8-4-11-21-18/h1-4,6-8,11,21H,5,9-10,12-16H2. The number of hydrogen-bond donors (Lipinski definition) is 1. The van der Waals surface area contributed by atoms with Crippen LogP contribution in [0.1, 0.15) is 24.1 Å². The molecule has 3 rings (SSSR count). The van der Waals surface area contributed by atoms with E-state index in [9.17, 15) is 9.59 Å². The van der Waals surface area contributed by atoms with Crippen LogP contribution in [0.3, 0.4) is 0 Å². The summed E-state index contributed by atoms with van der Waals surface area (Å²) in [6, 6.07) is 13.9. The monoisotopic (exact) mass is 339 g/mol. The van der Waals surface area contributed by atoms with Gasteiger partial charge in [-0.05, 0) is 30.5 Å². The van der Waals surface area contributed by atoms with Gasteiger partial charge in [0.05, 0.1) is 6.42 Å². The SMILES string of the molecule is O=C(CCc1ccccc1)N1CCCN(C(=O)Cc2ccc[nH]2)CC1. The largest absolute Gasteiger partial charge is 0.365 e. The number of aromatic amines is 1. The number of amides is 2. The van der Waals surface area contributed by atoms with Gasteiger partial charge in [-0.25, -0.2) is 0 Å². The Hall–Kier alpha value is -2.56. The zero-order valence-corrected chi connectivity index (χ0v) is 14.5. The van der Waals surface area contributed by atoms with Gasteiger partial charge in [-0.1, -0.05) is 30.3 Å². The maximum Gasteiger partial charge on any atom is 0.228 e. The van der Waals surface area contributed by atoms with E-state index in [0.29, 0.717) is 25.9 Å². The van der Waals surface area contributed by atoms with Crippen molar-refractivity contribution < 1.29 is 9.59 Å². The molecule has 0 aliphatic carbocycles. The lowest BCUT2D eigenvalue weighted by Gasteiger charge is -2.22. The first kappa shape index (κ1) is 17.3. The third-order valence-electron chi connectivity index (χ3n) is 4.68. The van der Waals surface area contributed by atoms with Crippen LogP contribution in [-0.2, 0) is 22.4 Å². The molecule has 1 aromatic carbocycles. The molecule has 1 aliphatic rings. The van der Waals surface area contributed by atoms with Crippen LogP contribution in [0.4, 0.5) is 0 Å². The van der Waals surface area contributed by atoms with E-state index in [1.54, 1.807) is 0 Å². The van der Waals surface area contributed by atoms with Crippen molar-refractivity contribution in [2.24, 2.45) is 0 Å². The first-order valence-electron chi connectivity index (χ1n) is 8.94. The molecule has 5 nitrogen and oxygen atoms in total. The second-order valence-corrected chi connectivity index (χ2v) is 6.47. The molecule has 1 aliphatic heterocycles. The van der Waals surface area contributed by atoms with Gasteiger partial charge in [0.2, 0.25) is 11.8 Å². The fourth-order valence-corrected chi connectivity index (χ4v) is 3.22. The minimum absolute atomic E-state index is 0.126. The van der Waals surface area contributed by atoms with Gasteiger partial charge in [-0.3, -0.25) is 9.59 Å². The fraction of sp³-hybridized carbons (Fsp3) is 0.400. The molecule has 1 N–H and O–H groups in total. The number of H-pyrrole nitrogens is 1. The van der Waals surface area contributed by atoms with Gasteiger partial charge in [0, 0.05) is 44.5 Å². The Morgan fingerprint density at radius 1 is 0.880 bits per heavy atom. The summed E-state index contributed by atoms with van der Waals surface area (Å²) in [5.41, 5.74) is 2.12. The zero-order chi connectivity index (χ0) is 17.5. The van der Waals surface area contributed by atoms with Crippen molar-refractivity contribution in [3.05, 3.63) is 59.9 Å². The van der Waals surface area contributed by atoms with Crippen LogP contribution in [-0.4, -0.2) is 52.8 Å². The summed E-state index contributed by atoms with van der Waals surface area (Å²) in [5, 5.41) is 0. The molecule has 0 radical (unpaired) electrons. The molecule has 0 atom stereocenters. The summed E-state index contributed by atoms with van der Waals surface area (Å²) < 4.78 is 0. The van der Waals surface area contributed by atoms with Crippen LogP contribution in [0.15, 0.2) is 48.7 Å². The highest BCUT2D eigenvalue weighted by molar-refractivity contribution is 5.79. The van der Waals surface area contributed by atoms with Crippen molar-refractivity contribution in [2.45, 2.75) is 25.7 Å².